The van der Waals surface area contributed by atoms with Gasteiger partial charge in [-0.05, 0) is 46.8 Å². The van der Waals surface area contributed by atoms with Crippen LogP contribution >= 0.6 is 0 Å². The number of carboxylic acids is 1. The van der Waals surface area contributed by atoms with Crippen molar-refractivity contribution in [3.8, 4) is 11.5 Å². The maximum Gasteiger partial charge on any atom is 0.508 e. The first-order chi connectivity index (χ1) is 18.3. The predicted octanol–water partition coefficient (Wildman–Crippen LogP) is 5.70. The second-order valence-corrected chi connectivity index (χ2v) is 13.1. The number of hydrogen-bond acceptors (Lipinski definition) is 9. The lowest BCUT2D eigenvalue weighted by Gasteiger charge is -2.28. The van der Waals surface area contributed by atoms with Crippen molar-refractivity contribution in [1.82, 2.24) is 0 Å². The topological polar surface area (TPSA) is 151 Å². The third kappa shape index (κ3) is 13.3. The van der Waals surface area contributed by atoms with Gasteiger partial charge in [-0.3, -0.25) is 14.4 Å². The van der Waals surface area contributed by atoms with Crippen LogP contribution in [0.1, 0.15) is 93.1 Å². The summed E-state index contributed by atoms with van der Waals surface area (Å²) in [5, 5.41) is 9.72. The average Bonchev–Trinajstić information content (AvgIpc) is 2.76. The summed E-state index contributed by atoms with van der Waals surface area (Å²) in [4.78, 5) is 49.2. The molecule has 0 fully saturated rings. The number of nitrogens with two attached hydrogens (primary N) is 1. The van der Waals surface area contributed by atoms with Crippen LogP contribution in [0.2, 0.25) is 0 Å². The fourth-order valence-electron chi connectivity index (χ4n) is 3.85. The Labute approximate surface area is 237 Å². The number of carboxylic acid groups (broad SMARTS) is 1. The molecule has 0 aromatic heterocycles. The van der Waals surface area contributed by atoms with Gasteiger partial charge in [-0.2, -0.15) is 0 Å². The molecule has 0 spiro atoms. The van der Waals surface area contributed by atoms with E-state index in [4.69, 9.17) is 24.7 Å². The highest BCUT2D eigenvalue weighted by molar-refractivity contribution is 5.78. The molecule has 10 nitrogen and oxygen atoms in total. The molecule has 3 atom stereocenters. The van der Waals surface area contributed by atoms with Crippen LogP contribution in [0, 0.1) is 22.7 Å². The molecule has 1 rings (SSSR count). The van der Waals surface area contributed by atoms with Gasteiger partial charge in [0.25, 0.3) is 0 Å². The molecule has 1 aromatic rings. The maximum atomic E-state index is 12.7. The van der Waals surface area contributed by atoms with Gasteiger partial charge in [-0.25, -0.2) is 4.79 Å². The Bertz CT molecular complexity index is 1020. The van der Waals surface area contributed by atoms with Gasteiger partial charge in [-0.1, -0.05) is 68.4 Å². The van der Waals surface area contributed by atoms with Crippen molar-refractivity contribution in [2.24, 2.45) is 28.4 Å². The molecule has 40 heavy (non-hydrogen) atoms. The van der Waals surface area contributed by atoms with Gasteiger partial charge < -0.3 is 29.8 Å². The molecule has 0 aliphatic heterocycles. The summed E-state index contributed by atoms with van der Waals surface area (Å²) in [6.45, 7) is 17.1. The zero-order valence-electron chi connectivity index (χ0n) is 25.4. The van der Waals surface area contributed by atoms with Crippen LogP contribution in [-0.4, -0.2) is 48.4 Å². The zero-order chi connectivity index (χ0) is 30.8. The molecule has 0 heterocycles. The molecule has 0 radical (unpaired) electrons. The molecule has 226 valence electrons. The molecule has 3 N–H and O–H groups in total. The molecule has 0 saturated heterocycles. The van der Waals surface area contributed by atoms with Gasteiger partial charge in [0.2, 0.25) is 0 Å². The lowest BCUT2D eigenvalue weighted by Crippen LogP contribution is -2.40. The summed E-state index contributed by atoms with van der Waals surface area (Å²) >= 11 is 0. The Balaban J connectivity index is 3.32. The Morgan fingerprint density at radius 1 is 0.850 bits per heavy atom. The smallest absolute Gasteiger partial charge is 0.480 e. The second-order valence-electron chi connectivity index (χ2n) is 13.1. The molecule has 0 aliphatic carbocycles. The minimum atomic E-state index is -1.37. The van der Waals surface area contributed by atoms with Gasteiger partial charge in [0.15, 0.2) is 11.5 Å². The minimum absolute atomic E-state index is 0.0283. The SMILES string of the molecule is CC(C)CCOC(=O)OCC(C)C(c1ccc(OC(=O)CC(C)(C)C)c(OC(=O)CC(C)(C)C)c1)[C@H](N)C(=O)O. The average molecular weight is 566 g/mol. The zero-order valence-corrected chi connectivity index (χ0v) is 25.4. The number of aliphatic carboxylic acids is 1. The highest BCUT2D eigenvalue weighted by atomic mass is 16.7. The fraction of sp³-hybridized carbons (Fsp3) is 0.667. The Hall–Kier alpha value is -3.14. The number of benzene rings is 1. The number of esters is 2. The molecule has 0 amide bonds. The first-order valence-corrected chi connectivity index (χ1v) is 13.6. The van der Waals surface area contributed by atoms with Crippen LogP contribution in [0.3, 0.4) is 0 Å². The molecular formula is C30H47NO9. The lowest BCUT2D eigenvalue weighted by atomic mass is 9.82. The van der Waals surface area contributed by atoms with E-state index in [1.165, 1.54) is 12.1 Å². The van der Waals surface area contributed by atoms with E-state index in [9.17, 15) is 24.3 Å². The van der Waals surface area contributed by atoms with Crippen molar-refractivity contribution >= 4 is 24.1 Å². The second kappa shape index (κ2) is 15.0. The third-order valence-electron chi connectivity index (χ3n) is 5.81. The van der Waals surface area contributed by atoms with Crippen LogP contribution in [0.4, 0.5) is 4.79 Å². The number of hydrogen-bond donors (Lipinski definition) is 2. The minimum Gasteiger partial charge on any atom is -0.480 e. The summed E-state index contributed by atoms with van der Waals surface area (Å²) in [5.41, 5.74) is 5.79. The van der Waals surface area contributed by atoms with Gasteiger partial charge in [0.1, 0.15) is 6.04 Å². The van der Waals surface area contributed by atoms with Gasteiger partial charge in [-0.15, -0.1) is 0 Å². The molecule has 2 unspecified atom stereocenters. The van der Waals surface area contributed by atoms with E-state index in [1.54, 1.807) is 13.0 Å². The molecule has 1 aromatic carbocycles. The summed E-state index contributed by atoms with van der Waals surface area (Å²) in [5.74, 6) is -3.37. The van der Waals surface area contributed by atoms with E-state index in [0.29, 0.717) is 17.9 Å². The van der Waals surface area contributed by atoms with E-state index < -0.39 is 41.9 Å². The number of ether oxygens (including phenoxy) is 4. The standard InChI is InChI=1S/C30H47NO9/c1-18(2)12-13-37-28(36)38-17-19(3)25(26(31)27(34)35)20-10-11-21(39-23(32)15-29(4,5)6)22(14-20)40-24(33)16-30(7,8)9/h10-11,14,18-19,25-26H,12-13,15-17,31H2,1-9H3,(H,34,35)/t19?,25?,26-/m0/s1. The monoisotopic (exact) mass is 565 g/mol. The maximum absolute atomic E-state index is 12.7. The largest absolute Gasteiger partial charge is 0.508 e. The van der Waals surface area contributed by atoms with Crippen LogP contribution in [0.25, 0.3) is 0 Å². The first-order valence-electron chi connectivity index (χ1n) is 13.6. The van der Waals surface area contributed by atoms with Crippen molar-refractivity contribution in [3.05, 3.63) is 23.8 Å². The normalized spacial score (nSPS) is 14.2. The van der Waals surface area contributed by atoms with Crippen LogP contribution in [0.15, 0.2) is 18.2 Å². The van der Waals surface area contributed by atoms with E-state index in [2.05, 4.69) is 0 Å². The highest BCUT2D eigenvalue weighted by Crippen LogP contribution is 2.37. The molecule has 0 bridgehead atoms. The molecule has 0 saturated carbocycles. The summed E-state index contributed by atoms with van der Waals surface area (Å²) in [6, 6.07) is 3.09. The van der Waals surface area contributed by atoms with Crippen molar-refractivity contribution < 1.29 is 43.2 Å². The van der Waals surface area contributed by atoms with Gasteiger partial charge >= 0.3 is 24.1 Å². The quantitative estimate of drug-likeness (QED) is 0.225. The van der Waals surface area contributed by atoms with Crippen LogP contribution in [0.5, 0.6) is 11.5 Å². The number of carbonyl (C=O) groups excluding carboxylic acids is 3. The lowest BCUT2D eigenvalue weighted by molar-refractivity contribution is -0.139. The third-order valence-corrected chi connectivity index (χ3v) is 5.81. The van der Waals surface area contributed by atoms with Crippen LogP contribution < -0.4 is 15.2 Å². The Morgan fingerprint density at radius 2 is 1.38 bits per heavy atom. The van der Waals surface area contributed by atoms with Crippen molar-refractivity contribution in [2.45, 2.75) is 93.5 Å². The van der Waals surface area contributed by atoms with Crippen molar-refractivity contribution in [2.75, 3.05) is 13.2 Å². The van der Waals surface area contributed by atoms with E-state index >= 15 is 0 Å². The van der Waals surface area contributed by atoms with Gasteiger partial charge in [0, 0.05) is 5.92 Å². The van der Waals surface area contributed by atoms with E-state index in [1.807, 2.05) is 55.4 Å². The van der Waals surface area contributed by atoms with E-state index in [-0.39, 0.29) is 48.4 Å². The summed E-state index contributed by atoms with van der Waals surface area (Å²) in [6.07, 6.45) is 0.0419. The van der Waals surface area contributed by atoms with E-state index in [0.717, 1.165) is 0 Å². The van der Waals surface area contributed by atoms with Crippen molar-refractivity contribution in [3.63, 3.8) is 0 Å². The first kappa shape index (κ1) is 34.9. The predicted molar refractivity (Wildman–Crippen MR) is 150 cm³/mol. The summed E-state index contributed by atoms with van der Waals surface area (Å²) in [7, 11) is 0. The Morgan fingerprint density at radius 3 is 1.85 bits per heavy atom. The van der Waals surface area contributed by atoms with Gasteiger partial charge in [0.05, 0.1) is 26.1 Å². The molecule has 0 aliphatic rings. The molecule has 10 heteroatoms. The Kier molecular flexibility index (Phi) is 13.1. The number of rotatable bonds is 13. The van der Waals surface area contributed by atoms with Crippen molar-refractivity contribution in [1.29, 1.82) is 0 Å². The number of carbonyl (C=O) groups is 4. The summed E-state index contributed by atoms with van der Waals surface area (Å²) < 4.78 is 21.5. The highest BCUT2D eigenvalue weighted by Gasteiger charge is 2.33. The molecular weight excluding hydrogens is 518 g/mol. The van der Waals surface area contributed by atoms with Crippen LogP contribution in [-0.2, 0) is 23.9 Å². The fourth-order valence-corrected chi connectivity index (χ4v) is 3.85.